The fraction of sp³-hybridized carbons (Fsp3) is 0.417. The van der Waals surface area contributed by atoms with Gasteiger partial charge < -0.3 is 14.8 Å². The Bertz CT molecular complexity index is 551. The van der Waals surface area contributed by atoms with Crippen LogP contribution in [0, 0.1) is 0 Å². The standard InChI is InChI=1S/C12H14BrN3O3S/c1-3-19-12(17)7-5-18-6-8(7)15-10-11(20-2)16-9(13)4-14-10/h4H,3,5-6H2,1-2H3,(H,14,15). The molecule has 1 aromatic rings. The van der Waals surface area contributed by atoms with Gasteiger partial charge in [-0.15, -0.1) is 11.8 Å². The van der Waals surface area contributed by atoms with Crippen LogP contribution in [0.5, 0.6) is 0 Å². The second-order valence-corrected chi connectivity index (χ2v) is 5.45. The average molecular weight is 360 g/mol. The van der Waals surface area contributed by atoms with E-state index in [4.69, 9.17) is 9.47 Å². The van der Waals surface area contributed by atoms with Crippen molar-refractivity contribution in [2.24, 2.45) is 0 Å². The van der Waals surface area contributed by atoms with Crippen LogP contribution in [0.1, 0.15) is 6.92 Å². The van der Waals surface area contributed by atoms with E-state index in [1.807, 2.05) is 6.26 Å². The SMILES string of the molecule is CCOC(=O)C1=C(Nc2ncc(Br)nc2SC)COC1. The molecule has 1 aromatic heterocycles. The van der Waals surface area contributed by atoms with Crippen molar-refractivity contribution in [1.82, 2.24) is 9.97 Å². The van der Waals surface area contributed by atoms with Crippen LogP contribution in [-0.4, -0.2) is 42.0 Å². The van der Waals surface area contributed by atoms with E-state index in [0.29, 0.717) is 34.9 Å². The zero-order valence-corrected chi connectivity index (χ0v) is 13.5. The van der Waals surface area contributed by atoms with Gasteiger partial charge in [0, 0.05) is 0 Å². The topological polar surface area (TPSA) is 73.3 Å². The molecule has 1 N–H and O–H groups in total. The summed E-state index contributed by atoms with van der Waals surface area (Å²) in [4.78, 5) is 20.4. The van der Waals surface area contributed by atoms with Crippen LogP contribution in [0.15, 0.2) is 27.1 Å². The summed E-state index contributed by atoms with van der Waals surface area (Å²) in [6.07, 6.45) is 3.51. The smallest absolute Gasteiger partial charge is 0.338 e. The lowest BCUT2D eigenvalue weighted by Crippen LogP contribution is -2.13. The van der Waals surface area contributed by atoms with Gasteiger partial charge in [0.2, 0.25) is 0 Å². The van der Waals surface area contributed by atoms with Crippen molar-refractivity contribution in [3.05, 3.63) is 22.1 Å². The number of carbonyl (C=O) groups is 1. The van der Waals surface area contributed by atoms with Gasteiger partial charge in [0.25, 0.3) is 0 Å². The fourth-order valence-corrected chi connectivity index (χ4v) is 2.55. The van der Waals surface area contributed by atoms with E-state index in [-0.39, 0.29) is 12.6 Å². The number of nitrogens with zero attached hydrogens (tertiary/aromatic N) is 2. The van der Waals surface area contributed by atoms with Gasteiger partial charge in [-0.3, -0.25) is 0 Å². The Balaban J connectivity index is 2.24. The van der Waals surface area contributed by atoms with Crippen LogP contribution in [0.4, 0.5) is 5.82 Å². The van der Waals surface area contributed by atoms with Crippen LogP contribution in [-0.2, 0) is 14.3 Å². The number of carbonyl (C=O) groups excluding carboxylic acids is 1. The molecule has 2 heterocycles. The van der Waals surface area contributed by atoms with E-state index in [0.717, 1.165) is 5.03 Å². The maximum atomic E-state index is 11.8. The molecule has 0 atom stereocenters. The molecule has 0 radical (unpaired) electrons. The summed E-state index contributed by atoms with van der Waals surface area (Å²) >= 11 is 4.75. The van der Waals surface area contributed by atoms with Crippen molar-refractivity contribution in [2.75, 3.05) is 31.4 Å². The molecule has 0 fully saturated rings. The van der Waals surface area contributed by atoms with Crippen LogP contribution >= 0.6 is 27.7 Å². The van der Waals surface area contributed by atoms with E-state index in [1.165, 1.54) is 11.8 Å². The number of anilines is 1. The maximum Gasteiger partial charge on any atom is 0.338 e. The second-order valence-electron chi connectivity index (χ2n) is 3.85. The molecule has 0 saturated carbocycles. The molecule has 0 spiro atoms. The minimum Gasteiger partial charge on any atom is -0.463 e. The lowest BCUT2D eigenvalue weighted by atomic mass is 10.2. The third-order valence-corrected chi connectivity index (χ3v) is 3.61. The Morgan fingerprint density at radius 3 is 3.10 bits per heavy atom. The highest BCUT2D eigenvalue weighted by Crippen LogP contribution is 2.26. The second kappa shape index (κ2) is 7.05. The number of nitrogens with one attached hydrogen (secondary N) is 1. The van der Waals surface area contributed by atoms with E-state index in [9.17, 15) is 4.79 Å². The third kappa shape index (κ3) is 3.50. The molecule has 8 heteroatoms. The van der Waals surface area contributed by atoms with Gasteiger partial charge in [-0.1, -0.05) is 0 Å². The van der Waals surface area contributed by atoms with Gasteiger partial charge in [-0.05, 0) is 29.1 Å². The molecule has 0 saturated heterocycles. The number of rotatable bonds is 5. The third-order valence-electron chi connectivity index (χ3n) is 2.55. The van der Waals surface area contributed by atoms with Crippen LogP contribution in [0.25, 0.3) is 0 Å². The van der Waals surface area contributed by atoms with Crippen molar-refractivity contribution in [2.45, 2.75) is 11.9 Å². The largest absolute Gasteiger partial charge is 0.463 e. The molecule has 2 rings (SSSR count). The molecule has 0 aromatic carbocycles. The molecular weight excluding hydrogens is 346 g/mol. The summed E-state index contributed by atoms with van der Waals surface area (Å²) in [5.74, 6) is 0.242. The van der Waals surface area contributed by atoms with Crippen molar-refractivity contribution < 1.29 is 14.3 Å². The first-order chi connectivity index (χ1) is 9.65. The highest BCUT2D eigenvalue weighted by molar-refractivity contribution is 9.10. The molecule has 0 unspecified atom stereocenters. The number of hydrogen-bond donors (Lipinski definition) is 1. The zero-order valence-electron chi connectivity index (χ0n) is 11.1. The summed E-state index contributed by atoms with van der Waals surface area (Å²) in [6, 6.07) is 0. The zero-order chi connectivity index (χ0) is 14.5. The summed E-state index contributed by atoms with van der Waals surface area (Å²) in [5, 5.41) is 3.85. The summed E-state index contributed by atoms with van der Waals surface area (Å²) in [5.41, 5.74) is 1.18. The Morgan fingerprint density at radius 1 is 1.60 bits per heavy atom. The van der Waals surface area contributed by atoms with E-state index >= 15 is 0 Å². The normalized spacial score (nSPS) is 14.6. The Labute approximate surface area is 129 Å². The predicted molar refractivity (Wildman–Crippen MR) is 79.6 cm³/mol. The van der Waals surface area contributed by atoms with Crippen molar-refractivity contribution >= 4 is 39.5 Å². The highest BCUT2D eigenvalue weighted by atomic mass is 79.9. The summed E-state index contributed by atoms with van der Waals surface area (Å²) in [6.45, 7) is 2.69. The molecule has 1 aliphatic heterocycles. The lowest BCUT2D eigenvalue weighted by molar-refractivity contribution is -0.138. The molecule has 6 nitrogen and oxygen atoms in total. The summed E-state index contributed by atoms with van der Waals surface area (Å²) < 4.78 is 11.0. The molecule has 108 valence electrons. The van der Waals surface area contributed by atoms with E-state index in [2.05, 4.69) is 31.2 Å². The number of aromatic nitrogens is 2. The predicted octanol–water partition coefficient (Wildman–Crippen LogP) is 2.22. The monoisotopic (exact) mass is 359 g/mol. The number of thioether (sulfide) groups is 1. The molecule has 1 aliphatic rings. The van der Waals surface area contributed by atoms with Gasteiger partial charge in [0.05, 0.1) is 37.3 Å². The minimum atomic E-state index is -0.358. The van der Waals surface area contributed by atoms with Gasteiger partial charge in [-0.2, -0.15) is 0 Å². The van der Waals surface area contributed by atoms with Crippen LogP contribution in [0.2, 0.25) is 0 Å². The quantitative estimate of drug-likeness (QED) is 0.638. The first-order valence-electron chi connectivity index (χ1n) is 5.96. The number of ether oxygens (including phenoxy) is 2. The van der Waals surface area contributed by atoms with Crippen LogP contribution < -0.4 is 5.32 Å². The minimum absolute atomic E-state index is 0.250. The van der Waals surface area contributed by atoms with Crippen molar-refractivity contribution in [3.63, 3.8) is 0 Å². The van der Waals surface area contributed by atoms with Crippen LogP contribution in [0.3, 0.4) is 0 Å². The molecular formula is C12H14BrN3O3S. The maximum absolute atomic E-state index is 11.8. The number of esters is 1. The molecule has 0 aliphatic carbocycles. The lowest BCUT2D eigenvalue weighted by Gasteiger charge is -2.10. The number of halogens is 1. The van der Waals surface area contributed by atoms with E-state index < -0.39 is 0 Å². The number of hydrogen-bond acceptors (Lipinski definition) is 7. The van der Waals surface area contributed by atoms with E-state index in [1.54, 1.807) is 13.1 Å². The van der Waals surface area contributed by atoms with Gasteiger partial charge in [-0.25, -0.2) is 14.8 Å². The Kier molecular flexibility index (Phi) is 5.38. The molecule has 0 bridgehead atoms. The van der Waals surface area contributed by atoms with Gasteiger partial charge in [0.15, 0.2) is 5.82 Å². The van der Waals surface area contributed by atoms with Gasteiger partial charge in [0.1, 0.15) is 9.63 Å². The van der Waals surface area contributed by atoms with Crippen molar-refractivity contribution in [3.8, 4) is 0 Å². The van der Waals surface area contributed by atoms with Gasteiger partial charge >= 0.3 is 5.97 Å². The highest BCUT2D eigenvalue weighted by Gasteiger charge is 2.24. The molecule has 20 heavy (non-hydrogen) atoms. The first kappa shape index (κ1) is 15.3. The Hall–Kier alpha value is -1.12. The first-order valence-corrected chi connectivity index (χ1v) is 7.98. The average Bonchev–Trinajstić information content (AvgIpc) is 2.89. The fourth-order valence-electron chi connectivity index (χ4n) is 1.66. The Morgan fingerprint density at radius 2 is 2.40 bits per heavy atom. The molecule has 0 amide bonds. The summed E-state index contributed by atoms with van der Waals surface area (Å²) in [7, 11) is 0. The van der Waals surface area contributed by atoms with Crippen molar-refractivity contribution in [1.29, 1.82) is 0 Å².